The lowest BCUT2D eigenvalue weighted by atomic mass is 10.2. The van der Waals surface area contributed by atoms with Gasteiger partial charge in [-0.05, 0) is 81.7 Å². The average Bonchev–Trinajstić information content (AvgIpc) is 3.85. The Morgan fingerprint density at radius 1 is 0.725 bits per heavy atom. The van der Waals surface area contributed by atoms with Crippen LogP contribution in [0.15, 0.2) is 27.5 Å². The van der Waals surface area contributed by atoms with E-state index in [4.69, 9.17) is 9.84 Å². The van der Waals surface area contributed by atoms with E-state index < -0.39 is 5.97 Å². The normalized spacial score (nSPS) is 12.6. The lowest BCUT2D eigenvalue weighted by molar-refractivity contribution is -0.435. The van der Waals surface area contributed by atoms with Gasteiger partial charge in [-0.1, -0.05) is 0 Å². The average molecular weight is 712 g/mol. The number of carbonyl (C=O) groups excluding carboxylic acids is 2. The summed E-state index contributed by atoms with van der Waals surface area (Å²) in [7, 11) is 10.1. The SMILES string of the molecule is CC1=C(C)N=CC1.CC1=C(C)[N+](C)=CC1.CCOC(=O)c1nc(C)c(C)n1C.CO.COC(=O)c1nc(C)c(C)n1C.Cc1nc(C)n(C)c1C. The van der Waals surface area contributed by atoms with E-state index in [2.05, 4.69) is 74.8 Å². The molecule has 5 rings (SSSR count). The fourth-order valence-corrected chi connectivity index (χ4v) is 4.41. The van der Waals surface area contributed by atoms with E-state index in [9.17, 15) is 9.59 Å². The summed E-state index contributed by atoms with van der Waals surface area (Å²) in [4.78, 5) is 39.0. The van der Waals surface area contributed by atoms with Crippen LogP contribution in [-0.2, 0) is 30.6 Å². The van der Waals surface area contributed by atoms with Crippen molar-refractivity contribution in [1.29, 1.82) is 0 Å². The predicted molar refractivity (Wildman–Crippen MR) is 205 cm³/mol. The van der Waals surface area contributed by atoms with Gasteiger partial charge in [-0.2, -0.15) is 0 Å². The molecule has 3 aromatic heterocycles. The summed E-state index contributed by atoms with van der Waals surface area (Å²) in [6.45, 7) is 24.3. The first-order valence-electron chi connectivity index (χ1n) is 16.9. The minimum Gasteiger partial charge on any atom is -0.463 e. The number of aliphatic hydroxyl groups is 1. The van der Waals surface area contributed by atoms with Gasteiger partial charge in [0.15, 0.2) is 5.70 Å². The molecule has 0 atom stereocenters. The van der Waals surface area contributed by atoms with Crippen LogP contribution >= 0.6 is 0 Å². The highest BCUT2D eigenvalue weighted by molar-refractivity contribution is 5.86. The van der Waals surface area contributed by atoms with Crippen LogP contribution in [0.25, 0.3) is 0 Å². The molecule has 0 aliphatic carbocycles. The number of carbonyl (C=O) groups is 2. The maximum atomic E-state index is 11.3. The molecule has 0 bridgehead atoms. The number of methoxy groups -OCH3 is 1. The van der Waals surface area contributed by atoms with Crippen LogP contribution in [0.3, 0.4) is 0 Å². The maximum absolute atomic E-state index is 11.3. The van der Waals surface area contributed by atoms with E-state index in [1.807, 2.05) is 68.8 Å². The van der Waals surface area contributed by atoms with Gasteiger partial charge in [0.05, 0.1) is 37.2 Å². The van der Waals surface area contributed by atoms with Crippen molar-refractivity contribution < 1.29 is 28.7 Å². The van der Waals surface area contributed by atoms with E-state index in [-0.39, 0.29) is 5.97 Å². The van der Waals surface area contributed by atoms with Crippen molar-refractivity contribution >= 4 is 24.4 Å². The van der Waals surface area contributed by atoms with Crippen molar-refractivity contribution in [3.8, 4) is 0 Å². The Balaban J connectivity index is 0.000000615. The van der Waals surface area contributed by atoms with Gasteiger partial charge in [-0.3, -0.25) is 4.99 Å². The third-order valence-corrected chi connectivity index (χ3v) is 9.02. The van der Waals surface area contributed by atoms with Gasteiger partial charge < -0.3 is 28.3 Å². The summed E-state index contributed by atoms with van der Waals surface area (Å²) >= 11 is 0. The number of aromatic nitrogens is 6. The fraction of sp³-hybridized carbons (Fsp3) is 0.553. The molecular formula is C38H63N8O5+. The summed E-state index contributed by atoms with van der Waals surface area (Å²) in [5, 5.41) is 7.00. The fourth-order valence-electron chi connectivity index (χ4n) is 4.41. The van der Waals surface area contributed by atoms with Crippen molar-refractivity contribution in [2.45, 2.75) is 95.9 Å². The molecule has 3 aromatic rings. The van der Waals surface area contributed by atoms with Crippen molar-refractivity contribution in [3.05, 3.63) is 74.2 Å². The minimum absolute atomic E-state index is 0.354. The zero-order valence-electron chi connectivity index (χ0n) is 34.4. The van der Waals surface area contributed by atoms with E-state index in [1.165, 1.54) is 35.3 Å². The first-order valence-corrected chi connectivity index (χ1v) is 16.9. The highest BCUT2D eigenvalue weighted by Gasteiger charge is 2.17. The molecular weight excluding hydrogens is 648 g/mol. The van der Waals surface area contributed by atoms with E-state index in [1.54, 1.807) is 23.1 Å². The number of allylic oxidation sites excluding steroid dienone is 4. The van der Waals surface area contributed by atoms with Gasteiger partial charge in [-0.25, -0.2) is 29.1 Å². The Bertz CT molecular complexity index is 1720. The Labute approximate surface area is 305 Å². The van der Waals surface area contributed by atoms with Gasteiger partial charge in [0.2, 0.25) is 11.6 Å². The van der Waals surface area contributed by atoms with Gasteiger partial charge >= 0.3 is 11.9 Å². The molecule has 0 aromatic carbocycles. The number of aliphatic imine (C=N–C) groups is 1. The van der Waals surface area contributed by atoms with E-state index in [0.29, 0.717) is 18.3 Å². The molecule has 0 unspecified atom stereocenters. The number of aliphatic hydroxyl groups excluding tert-OH is 1. The molecule has 0 fully saturated rings. The molecule has 0 saturated carbocycles. The molecule has 13 heteroatoms. The molecule has 2 aliphatic heterocycles. The zero-order chi connectivity index (χ0) is 39.7. The largest absolute Gasteiger partial charge is 0.463 e. The Morgan fingerprint density at radius 2 is 1.18 bits per heavy atom. The molecule has 0 saturated heterocycles. The van der Waals surface area contributed by atoms with Crippen LogP contribution < -0.4 is 0 Å². The van der Waals surface area contributed by atoms with Crippen LogP contribution in [0, 0.1) is 48.5 Å². The summed E-state index contributed by atoms with van der Waals surface area (Å²) < 4.78 is 17.2. The lowest BCUT2D eigenvalue weighted by Gasteiger charge is -2.01. The highest BCUT2D eigenvalue weighted by Crippen LogP contribution is 2.13. The molecule has 13 nitrogen and oxygen atoms in total. The van der Waals surface area contributed by atoms with Crippen molar-refractivity contribution in [2.75, 3.05) is 27.9 Å². The first-order chi connectivity index (χ1) is 23.8. The van der Waals surface area contributed by atoms with Gasteiger partial charge in [0.1, 0.15) is 19.1 Å². The topological polar surface area (TPSA) is 142 Å². The van der Waals surface area contributed by atoms with Gasteiger partial charge in [-0.15, -0.1) is 0 Å². The quantitative estimate of drug-likeness (QED) is 0.252. The van der Waals surface area contributed by atoms with Crippen molar-refractivity contribution in [1.82, 2.24) is 28.7 Å². The lowest BCUT2D eigenvalue weighted by Crippen LogP contribution is -2.11. The van der Waals surface area contributed by atoms with E-state index in [0.717, 1.165) is 54.2 Å². The second-order valence-corrected chi connectivity index (χ2v) is 12.2. The van der Waals surface area contributed by atoms with Crippen LogP contribution in [0.2, 0.25) is 0 Å². The Hall–Kier alpha value is -4.65. The third kappa shape index (κ3) is 13.5. The number of rotatable bonds is 3. The molecule has 51 heavy (non-hydrogen) atoms. The number of ether oxygens (including phenoxy) is 2. The number of imidazole rings is 3. The highest BCUT2D eigenvalue weighted by atomic mass is 16.5. The van der Waals surface area contributed by atoms with Crippen molar-refractivity contribution in [2.24, 2.45) is 26.1 Å². The number of esters is 2. The van der Waals surface area contributed by atoms with Crippen LogP contribution in [-0.4, -0.2) is 90.6 Å². The van der Waals surface area contributed by atoms with E-state index >= 15 is 0 Å². The second kappa shape index (κ2) is 22.2. The predicted octanol–water partition coefficient (Wildman–Crippen LogP) is 6.14. The third-order valence-electron chi connectivity index (χ3n) is 9.02. The molecule has 0 amide bonds. The minimum atomic E-state index is -0.395. The molecule has 5 heterocycles. The van der Waals surface area contributed by atoms with Gasteiger partial charge in [0.25, 0.3) is 0 Å². The summed E-state index contributed by atoms with van der Waals surface area (Å²) in [6, 6.07) is 0. The van der Waals surface area contributed by atoms with Crippen LogP contribution in [0.1, 0.15) is 109 Å². The molecule has 284 valence electrons. The molecule has 0 radical (unpaired) electrons. The standard InChI is InChI=1S/C9H14N2O2.C8H12N2O2.C7H12N2.C7H12N.C6H9N.CH4O/c1-5-13-9(12)8-10-6(2)7(3)11(8)4;1-5-6(2)10(3)7(9-5)8(11)12-4;1-5-6(2)9(4)7(3)8-5;1-6-4-5-8(3)7(6)2;1-5-3-4-7-6(5)2;1-2/h5H2,1-4H3;1-4H3;1-4H3;5H,4H2,1-3H3;4H,3H2,1-2H3;2H,1H3/q;;;+1;;. The number of aryl methyl sites for hydroxylation is 4. The number of hydrogen-bond donors (Lipinski definition) is 1. The summed E-state index contributed by atoms with van der Waals surface area (Å²) in [5.74, 6) is 1.06. The zero-order valence-corrected chi connectivity index (χ0v) is 34.4. The van der Waals surface area contributed by atoms with Crippen molar-refractivity contribution in [3.63, 3.8) is 0 Å². The molecule has 2 aliphatic rings. The summed E-state index contributed by atoms with van der Waals surface area (Å²) in [5.41, 5.74) is 11.6. The monoisotopic (exact) mass is 711 g/mol. The smallest absolute Gasteiger partial charge is 0.374 e. The Morgan fingerprint density at radius 3 is 1.37 bits per heavy atom. The number of hydrogen-bond acceptors (Lipinski definition) is 9. The van der Waals surface area contributed by atoms with Crippen LogP contribution in [0.5, 0.6) is 0 Å². The number of nitrogens with zero attached hydrogens (tertiary/aromatic N) is 8. The van der Waals surface area contributed by atoms with Crippen LogP contribution in [0.4, 0.5) is 0 Å². The summed E-state index contributed by atoms with van der Waals surface area (Å²) in [6.07, 6.45) is 6.35. The first kappa shape index (κ1) is 46.4. The maximum Gasteiger partial charge on any atom is 0.374 e. The Kier molecular flexibility index (Phi) is 20.2. The second-order valence-electron chi connectivity index (χ2n) is 12.2. The molecule has 1 N–H and O–H groups in total. The molecule has 0 spiro atoms. The van der Waals surface area contributed by atoms with Gasteiger partial charge in [0, 0.05) is 76.2 Å².